The van der Waals surface area contributed by atoms with E-state index in [1.807, 2.05) is 12.1 Å². The third-order valence-electron chi connectivity index (χ3n) is 4.06. The Bertz CT molecular complexity index is 499. The summed E-state index contributed by atoms with van der Waals surface area (Å²) >= 11 is 0. The lowest BCUT2D eigenvalue weighted by Gasteiger charge is -2.25. The van der Waals surface area contributed by atoms with Crippen LogP contribution in [-0.4, -0.2) is 23.3 Å². The van der Waals surface area contributed by atoms with Gasteiger partial charge in [0.05, 0.1) is 6.04 Å². The van der Waals surface area contributed by atoms with Crippen LogP contribution in [0.2, 0.25) is 0 Å². The third kappa shape index (κ3) is 2.81. The topological polar surface area (TPSA) is 71.1 Å². The Hall–Kier alpha value is -1.91. The van der Waals surface area contributed by atoms with Gasteiger partial charge in [-0.2, -0.15) is 0 Å². The van der Waals surface area contributed by atoms with Crippen molar-refractivity contribution in [2.45, 2.75) is 31.7 Å². The van der Waals surface area contributed by atoms with Crippen molar-refractivity contribution in [1.29, 1.82) is 0 Å². The summed E-state index contributed by atoms with van der Waals surface area (Å²) in [4.78, 5) is 28.1. The van der Waals surface area contributed by atoms with Crippen molar-refractivity contribution >= 4 is 11.8 Å². The van der Waals surface area contributed by atoms with Gasteiger partial charge >= 0.3 is 0 Å². The molecule has 0 bridgehead atoms. The van der Waals surface area contributed by atoms with E-state index in [0.29, 0.717) is 18.9 Å². The summed E-state index contributed by atoms with van der Waals surface area (Å²) in [5.74, 6) is -0.325. The van der Waals surface area contributed by atoms with Gasteiger partial charge in [0.1, 0.15) is 5.92 Å². The first kappa shape index (κ1) is 13.1. The minimum Gasteiger partial charge on any atom is -0.355 e. The Balaban J connectivity index is 1.70. The van der Waals surface area contributed by atoms with Gasteiger partial charge in [-0.25, -0.2) is 0 Å². The van der Waals surface area contributed by atoms with Crippen LogP contribution in [0, 0.1) is 11.8 Å². The largest absolute Gasteiger partial charge is 0.355 e. The van der Waals surface area contributed by atoms with Crippen LogP contribution >= 0.6 is 0 Å². The highest BCUT2D eigenvalue weighted by atomic mass is 16.2. The Morgan fingerprint density at radius 1 is 1.30 bits per heavy atom. The number of rotatable bonds is 4. The van der Waals surface area contributed by atoms with Crippen molar-refractivity contribution in [2.24, 2.45) is 11.8 Å². The van der Waals surface area contributed by atoms with Crippen molar-refractivity contribution in [1.82, 2.24) is 15.6 Å². The highest BCUT2D eigenvalue weighted by molar-refractivity contribution is 6.00. The zero-order valence-electron chi connectivity index (χ0n) is 11.3. The van der Waals surface area contributed by atoms with Gasteiger partial charge in [0.25, 0.3) is 0 Å². The number of hydrogen-bond donors (Lipinski definition) is 2. The molecule has 1 aromatic heterocycles. The maximum Gasteiger partial charge on any atom is 0.233 e. The lowest BCUT2D eigenvalue weighted by atomic mass is 9.96. The molecule has 20 heavy (non-hydrogen) atoms. The number of nitrogens with zero attached hydrogens (tertiary/aromatic N) is 1. The van der Waals surface area contributed by atoms with Crippen molar-refractivity contribution < 1.29 is 9.59 Å². The molecule has 2 amide bonds. The number of piperidine rings is 1. The number of pyridine rings is 1. The fourth-order valence-electron chi connectivity index (χ4n) is 2.75. The van der Waals surface area contributed by atoms with Crippen LogP contribution in [0.3, 0.4) is 0 Å². The molecule has 2 heterocycles. The molecule has 106 valence electrons. The Morgan fingerprint density at radius 3 is 2.70 bits per heavy atom. The van der Waals surface area contributed by atoms with E-state index < -0.39 is 5.92 Å². The maximum atomic E-state index is 12.3. The van der Waals surface area contributed by atoms with E-state index >= 15 is 0 Å². The summed E-state index contributed by atoms with van der Waals surface area (Å²) < 4.78 is 0. The van der Waals surface area contributed by atoms with Gasteiger partial charge in [0.15, 0.2) is 0 Å². The first-order chi connectivity index (χ1) is 9.75. The van der Waals surface area contributed by atoms with Crippen molar-refractivity contribution in [3.05, 3.63) is 30.1 Å². The van der Waals surface area contributed by atoms with Crippen LogP contribution in [0.25, 0.3) is 0 Å². The second kappa shape index (κ2) is 5.61. The quantitative estimate of drug-likeness (QED) is 0.809. The van der Waals surface area contributed by atoms with Gasteiger partial charge < -0.3 is 10.6 Å². The van der Waals surface area contributed by atoms with Crippen molar-refractivity contribution in [3.63, 3.8) is 0 Å². The highest BCUT2D eigenvalue weighted by Gasteiger charge is 2.36. The van der Waals surface area contributed by atoms with Crippen molar-refractivity contribution in [3.8, 4) is 0 Å². The molecule has 1 saturated carbocycles. The summed E-state index contributed by atoms with van der Waals surface area (Å²) in [5, 5.41) is 5.83. The van der Waals surface area contributed by atoms with Gasteiger partial charge in [0.2, 0.25) is 11.8 Å². The molecule has 2 N–H and O–H groups in total. The molecule has 5 nitrogen and oxygen atoms in total. The molecule has 2 unspecified atom stereocenters. The summed E-state index contributed by atoms with van der Waals surface area (Å²) in [6.45, 7) is 0.680. The molecule has 1 aliphatic carbocycles. The number of carbonyl (C=O) groups is 2. The lowest BCUT2D eigenvalue weighted by Crippen LogP contribution is -2.46. The van der Waals surface area contributed by atoms with Crippen LogP contribution in [-0.2, 0) is 9.59 Å². The third-order valence-corrected chi connectivity index (χ3v) is 4.06. The van der Waals surface area contributed by atoms with E-state index in [1.54, 1.807) is 12.4 Å². The van der Waals surface area contributed by atoms with E-state index in [0.717, 1.165) is 24.8 Å². The van der Waals surface area contributed by atoms with E-state index in [9.17, 15) is 9.59 Å². The normalized spacial score (nSPS) is 23.8. The first-order valence-electron chi connectivity index (χ1n) is 7.23. The van der Waals surface area contributed by atoms with Crippen LogP contribution in [0.15, 0.2) is 24.5 Å². The summed E-state index contributed by atoms with van der Waals surface area (Å²) in [5.41, 5.74) is 1.08. The van der Waals surface area contributed by atoms with E-state index in [-0.39, 0.29) is 17.9 Å². The second-order valence-electron chi connectivity index (χ2n) is 5.59. The van der Waals surface area contributed by atoms with Crippen LogP contribution < -0.4 is 10.6 Å². The number of hydrogen-bond acceptors (Lipinski definition) is 3. The molecule has 1 aliphatic heterocycles. The number of nitrogens with one attached hydrogen (secondary N) is 2. The molecule has 2 fully saturated rings. The minimum atomic E-state index is -0.535. The standard InChI is InChI=1S/C15H19N3O2/c19-14-12(2-1-7-17-14)15(20)18-13(10-3-4-10)11-5-8-16-9-6-11/h5-6,8-10,12-13H,1-4,7H2,(H,17,19)(H,18,20). The number of amides is 2. The Kier molecular flexibility index (Phi) is 3.67. The fraction of sp³-hybridized carbons (Fsp3) is 0.533. The average Bonchev–Trinajstić information content (AvgIpc) is 3.30. The summed E-state index contributed by atoms with van der Waals surface area (Å²) in [6.07, 6.45) is 7.25. The Morgan fingerprint density at radius 2 is 2.05 bits per heavy atom. The monoisotopic (exact) mass is 273 g/mol. The lowest BCUT2D eigenvalue weighted by molar-refractivity contribution is -0.137. The van der Waals surface area contributed by atoms with Gasteiger partial charge in [-0.3, -0.25) is 14.6 Å². The van der Waals surface area contributed by atoms with Crippen LogP contribution in [0.5, 0.6) is 0 Å². The predicted octanol–water partition coefficient (Wildman–Crippen LogP) is 1.18. The van der Waals surface area contributed by atoms with Crippen LogP contribution in [0.1, 0.15) is 37.3 Å². The van der Waals surface area contributed by atoms with Gasteiger partial charge in [-0.1, -0.05) is 0 Å². The molecular formula is C15H19N3O2. The van der Waals surface area contributed by atoms with Gasteiger partial charge in [-0.05, 0) is 49.3 Å². The molecule has 0 aromatic carbocycles. The second-order valence-corrected chi connectivity index (χ2v) is 5.59. The van der Waals surface area contributed by atoms with Crippen LogP contribution in [0.4, 0.5) is 0 Å². The van der Waals surface area contributed by atoms with E-state index in [1.165, 1.54) is 0 Å². The zero-order chi connectivity index (χ0) is 13.9. The first-order valence-corrected chi connectivity index (χ1v) is 7.23. The predicted molar refractivity (Wildman–Crippen MR) is 73.6 cm³/mol. The molecule has 1 saturated heterocycles. The molecule has 2 atom stereocenters. The molecule has 5 heteroatoms. The highest BCUT2D eigenvalue weighted by Crippen LogP contribution is 2.41. The average molecular weight is 273 g/mol. The fourth-order valence-corrected chi connectivity index (χ4v) is 2.75. The van der Waals surface area contributed by atoms with Gasteiger partial charge in [0, 0.05) is 18.9 Å². The molecule has 0 radical (unpaired) electrons. The molecule has 2 aliphatic rings. The minimum absolute atomic E-state index is 0.0141. The van der Waals surface area contributed by atoms with Crippen molar-refractivity contribution in [2.75, 3.05) is 6.54 Å². The molecule has 0 spiro atoms. The number of aromatic nitrogens is 1. The summed E-state index contributed by atoms with van der Waals surface area (Å²) in [6, 6.07) is 3.88. The molecular weight excluding hydrogens is 254 g/mol. The maximum absolute atomic E-state index is 12.3. The van der Waals surface area contributed by atoms with E-state index in [4.69, 9.17) is 0 Å². The smallest absolute Gasteiger partial charge is 0.233 e. The Labute approximate surface area is 118 Å². The summed E-state index contributed by atoms with van der Waals surface area (Å²) in [7, 11) is 0. The number of carbonyl (C=O) groups excluding carboxylic acids is 2. The van der Waals surface area contributed by atoms with Gasteiger partial charge in [-0.15, -0.1) is 0 Å². The molecule has 3 rings (SSSR count). The van der Waals surface area contributed by atoms with E-state index in [2.05, 4.69) is 15.6 Å². The zero-order valence-corrected chi connectivity index (χ0v) is 11.3. The molecule has 1 aromatic rings. The SMILES string of the molecule is O=C1NCCCC1C(=O)NC(c1ccncc1)C1CC1.